The van der Waals surface area contributed by atoms with Crippen LogP contribution in [0.1, 0.15) is 79.2 Å². The molecule has 5 N–H and O–H groups in total. The maximum atomic E-state index is 13.8. The summed E-state index contributed by atoms with van der Waals surface area (Å²) in [6, 6.07) is 12.5. The number of fused-ring (bicyclic) bond motifs is 3. The number of anilines is 1. The van der Waals surface area contributed by atoms with Gasteiger partial charge in [-0.25, -0.2) is 9.59 Å². The van der Waals surface area contributed by atoms with Gasteiger partial charge in [-0.2, -0.15) is 13.2 Å². The lowest BCUT2D eigenvalue weighted by Gasteiger charge is -2.44. The van der Waals surface area contributed by atoms with E-state index in [1.165, 1.54) is 43.3 Å². The van der Waals surface area contributed by atoms with Crippen LogP contribution in [0.4, 0.5) is 35.0 Å². The summed E-state index contributed by atoms with van der Waals surface area (Å²) >= 11 is 0. The molecule has 6 atom stereocenters. The fourth-order valence-corrected chi connectivity index (χ4v) is 7.80. The van der Waals surface area contributed by atoms with Gasteiger partial charge in [0.2, 0.25) is 0 Å². The van der Waals surface area contributed by atoms with Gasteiger partial charge in [0, 0.05) is 71.5 Å². The number of phenols is 2. The average Bonchev–Trinajstić information content (AvgIpc) is 3.24. The molecular weight excluding hydrogens is 861 g/mol. The van der Waals surface area contributed by atoms with Gasteiger partial charge in [-0.3, -0.25) is 39.9 Å². The monoisotopic (exact) mass is 894 g/mol. The van der Waals surface area contributed by atoms with E-state index in [0.717, 1.165) is 36.4 Å². The smallest absolute Gasteiger partial charge is 0.471 e. The highest BCUT2D eigenvalue weighted by atomic mass is 19.4. The summed E-state index contributed by atoms with van der Waals surface area (Å²) in [7, 11) is 0. The zero-order valence-electron chi connectivity index (χ0n) is 32.8. The van der Waals surface area contributed by atoms with Gasteiger partial charge in [0.1, 0.15) is 29.8 Å². The second kappa shape index (κ2) is 17.0. The lowest BCUT2D eigenvalue weighted by atomic mass is 9.73. The quantitative estimate of drug-likeness (QED) is 0.0528. The summed E-state index contributed by atoms with van der Waals surface area (Å²) < 4.78 is 63.7. The molecule has 0 saturated carbocycles. The standard InChI is InChI=1S/C41H33F3N4O16/c1-18-36(64-37(53)19-6-10-21(11-7-19)47(57)58)26(46-38(54)41(42,43)44)14-28(62-18)63-27-16-40(56,17-61-39(55)45-20-8-12-22(13-9-20)48(59)60)15-25-29(27)35(52)31-30(34(25)51)32(49)23-4-2-3-5-24(23)33(31)50/h2-13,18,26-28,36,51-52,56H,14-17H2,1H3,(H,45,55)(H,46,54)/t18-,26+,27+,28+,36+,40?/m1/s1. The van der Waals surface area contributed by atoms with Crippen LogP contribution in [0.5, 0.6) is 11.5 Å². The number of nitrogens with one attached hydrogen (secondary N) is 2. The molecule has 334 valence electrons. The van der Waals surface area contributed by atoms with E-state index in [4.69, 9.17) is 18.9 Å². The van der Waals surface area contributed by atoms with Gasteiger partial charge in [0.25, 0.3) is 11.4 Å². The fourth-order valence-electron chi connectivity index (χ4n) is 7.80. The van der Waals surface area contributed by atoms with Gasteiger partial charge >= 0.3 is 24.1 Å². The van der Waals surface area contributed by atoms with Crippen LogP contribution < -0.4 is 10.6 Å². The molecule has 1 saturated heterocycles. The van der Waals surface area contributed by atoms with Gasteiger partial charge in [0.15, 0.2) is 17.9 Å². The van der Waals surface area contributed by atoms with E-state index in [2.05, 4.69) is 5.32 Å². The lowest BCUT2D eigenvalue weighted by molar-refractivity contribution is -0.385. The van der Waals surface area contributed by atoms with Crippen molar-refractivity contribution < 1.29 is 81.3 Å². The van der Waals surface area contributed by atoms with Crippen molar-refractivity contribution in [3.05, 3.63) is 132 Å². The first kappa shape index (κ1) is 44.6. The van der Waals surface area contributed by atoms with Crippen LogP contribution in [-0.2, 0) is 30.2 Å². The van der Waals surface area contributed by atoms with E-state index in [1.54, 1.807) is 5.32 Å². The molecule has 0 aromatic heterocycles. The number of phenolic OH excluding ortho intramolecular Hbond substituents is 2. The molecule has 1 unspecified atom stereocenters. The number of halogens is 3. The summed E-state index contributed by atoms with van der Waals surface area (Å²) in [4.78, 5) is 86.6. The first-order valence-corrected chi connectivity index (χ1v) is 19.0. The zero-order chi connectivity index (χ0) is 46.4. The third kappa shape index (κ3) is 8.75. The topological polar surface area (TPSA) is 293 Å². The molecule has 2 amide bonds. The lowest BCUT2D eigenvalue weighted by Crippen LogP contribution is -2.58. The molecule has 0 radical (unpaired) electrons. The summed E-state index contributed by atoms with van der Waals surface area (Å²) in [5.74, 6) is -7.06. The minimum atomic E-state index is -5.43. The number of benzene rings is 4. The van der Waals surface area contributed by atoms with Crippen molar-refractivity contribution in [1.29, 1.82) is 0 Å². The van der Waals surface area contributed by atoms with Crippen molar-refractivity contribution in [2.75, 3.05) is 11.9 Å². The van der Waals surface area contributed by atoms with Crippen LogP contribution in [0, 0.1) is 20.2 Å². The Balaban J connectivity index is 1.21. The Bertz CT molecular complexity index is 2610. The highest BCUT2D eigenvalue weighted by Crippen LogP contribution is 2.52. The van der Waals surface area contributed by atoms with E-state index < -0.39 is 130 Å². The average molecular weight is 895 g/mol. The van der Waals surface area contributed by atoms with Crippen molar-refractivity contribution in [3.63, 3.8) is 0 Å². The molecule has 4 aromatic carbocycles. The fraction of sp³-hybridized carbons (Fsp3) is 0.293. The Hall–Kier alpha value is -7.50. The van der Waals surface area contributed by atoms with Crippen molar-refractivity contribution in [1.82, 2.24) is 5.32 Å². The molecule has 4 aromatic rings. The molecule has 1 aliphatic heterocycles. The van der Waals surface area contributed by atoms with Gasteiger partial charge in [-0.05, 0) is 31.2 Å². The largest absolute Gasteiger partial charge is 0.507 e. The number of alkyl halides is 3. The molecule has 7 rings (SSSR count). The number of carbonyl (C=O) groups excluding carboxylic acids is 5. The number of nitro groups is 2. The Kier molecular flexibility index (Phi) is 11.8. The van der Waals surface area contributed by atoms with Crippen LogP contribution >= 0.6 is 0 Å². The maximum Gasteiger partial charge on any atom is 0.471 e. The first-order chi connectivity index (χ1) is 30.2. The predicted molar refractivity (Wildman–Crippen MR) is 207 cm³/mol. The van der Waals surface area contributed by atoms with Gasteiger partial charge in [0.05, 0.1) is 44.8 Å². The van der Waals surface area contributed by atoms with Gasteiger partial charge < -0.3 is 39.6 Å². The van der Waals surface area contributed by atoms with E-state index in [1.807, 2.05) is 0 Å². The molecule has 20 nitrogen and oxygen atoms in total. The van der Waals surface area contributed by atoms with Crippen LogP contribution in [0.25, 0.3) is 0 Å². The summed E-state index contributed by atoms with van der Waals surface area (Å²) in [6.45, 7) is 0.366. The molecule has 0 spiro atoms. The predicted octanol–water partition coefficient (Wildman–Crippen LogP) is 5.08. The van der Waals surface area contributed by atoms with Gasteiger partial charge in [-0.1, -0.05) is 24.3 Å². The zero-order valence-corrected chi connectivity index (χ0v) is 32.8. The number of aromatic hydroxyl groups is 2. The minimum Gasteiger partial charge on any atom is -0.507 e. The van der Waals surface area contributed by atoms with Gasteiger partial charge in [-0.15, -0.1) is 0 Å². The Labute approximate surface area is 356 Å². The number of carbonyl (C=O) groups is 5. The normalized spacial score (nSPS) is 22.5. The van der Waals surface area contributed by atoms with Crippen molar-refractivity contribution >= 4 is 46.6 Å². The Morgan fingerprint density at radius 2 is 1.45 bits per heavy atom. The van der Waals surface area contributed by atoms with Crippen molar-refractivity contribution in [3.8, 4) is 11.5 Å². The Morgan fingerprint density at radius 1 is 0.891 bits per heavy atom. The molecule has 23 heteroatoms. The molecule has 2 aliphatic carbocycles. The minimum absolute atomic E-state index is 0.0582. The number of esters is 1. The van der Waals surface area contributed by atoms with E-state index >= 15 is 0 Å². The van der Waals surface area contributed by atoms with Crippen LogP contribution in [0.3, 0.4) is 0 Å². The molecular formula is C41H33F3N4O16. The number of ketones is 2. The highest BCUT2D eigenvalue weighted by molar-refractivity contribution is 6.30. The number of rotatable bonds is 10. The SMILES string of the molecule is C[C@H]1O[C@@H](O[C@H]2CC(O)(COC(=O)Nc3ccc([N+](=O)[O-])cc3)Cc3c(O)c4c(c(O)c32)C(=O)c2ccccc2C4=O)C[C@H](NC(=O)C(F)(F)F)[C@H]1OC(=O)c1ccc([N+](=O)[O-])cc1. The van der Waals surface area contributed by atoms with Crippen LogP contribution in [0.15, 0.2) is 72.8 Å². The van der Waals surface area contributed by atoms with Crippen molar-refractivity contribution in [2.45, 2.75) is 68.6 Å². The number of nitro benzene ring substituents is 2. The first-order valence-electron chi connectivity index (χ1n) is 19.0. The molecule has 1 heterocycles. The summed E-state index contributed by atoms with van der Waals surface area (Å²) in [5.41, 5.74) is -5.25. The van der Waals surface area contributed by atoms with Crippen LogP contribution in [-0.4, -0.2) is 97.6 Å². The highest BCUT2D eigenvalue weighted by Gasteiger charge is 2.50. The Morgan fingerprint density at radius 3 is 2.02 bits per heavy atom. The van der Waals surface area contributed by atoms with Crippen LogP contribution in [0.2, 0.25) is 0 Å². The molecule has 3 aliphatic rings. The van der Waals surface area contributed by atoms with E-state index in [9.17, 15) is 72.7 Å². The third-order valence-electron chi connectivity index (χ3n) is 10.8. The number of amides is 2. The number of hydrogen-bond acceptors (Lipinski definition) is 16. The number of aliphatic hydroxyl groups is 1. The van der Waals surface area contributed by atoms with E-state index in [0.29, 0.717) is 0 Å². The molecule has 64 heavy (non-hydrogen) atoms. The third-order valence-corrected chi connectivity index (χ3v) is 10.8. The summed E-state index contributed by atoms with van der Waals surface area (Å²) in [5, 5.41) is 61.8. The molecule has 0 bridgehead atoms. The second-order valence-electron chi connectivity index (χ2n) is 15.0. The summed E-state index contributed by atoms with van der Waals surface area (Å²) in [6.07, 6.45) is -15.1. The molecule has 1 fully saturated rings. The second-order valence-corrected chi connectivity index (χ2v) is 15.0. The van der Waals surface area contributed by atoms with Crippen molar-refractivity contribution in [2.24, 2.45) is 0 Å². The number of non-ortho nitro benzene ring substituents is 2. The number of ether oxygens (including phenoxy) is 4. The number of hydrogen-bond donors (Lipinski definition) is 5. The number of nitrogens with zero attached hydrogens (tertiary/aromatic N) is 2. The van der Waals surface area contributed by atoms with E-state index in [-0.39, 0.29) is 44.9 Å². The maximum absolute atomic E-state index is 13.8.